The first-order chi connectivity index (χ1) is 4.09. The Morgan fingerprint density at radius 3 is 2.11 bits per heavy atom. The fourth-order valence-electron chi connectivity index (χ4n) is 0.629. The summed E-state index contributed by atoms with van der Waals surface area (Å²) in [6.45, 7) is 5.67. The molecule has 0 bridgehead atoms. The van der Waals surface area contributed by atoms with E-state index in [-0.39, 0.29) is 17.7 Å². The Morgan fingerprint density at radius 2 is 2.00 bits per heavy atom. The van der Waals surface area contributed by atoms with Crippen LogP contribution in [0, 0.1) is 5.92 Å². The lowest BCUT2D eigenvalue weighted by molar-refractivity contribution is -0.123. The van der Waals surface area contributed by atoms with Crippen molar-refractivity contribution in [1.82, 2.24) is 0 Å². The lowest BCUT2D eigenvalue weighted by Gasteiger charge is -2.09. The molecule has 0 saturated heterocycles. The lowest BCUT2D eigenvalue weighted by Crippen LogP contribution is -2.32. The molecule has 0 aromatic carbocycles. The molecule has 0 aliphatic rings. The molecule has 0 aromatic heterocycles. The molecule has 0 heterocycles. The van der Waals surface area contributed by atoms with Gasteiger partial charge in [-0.05, 0) is 6.42 Å². The highest BCUT2D eigenvalue weighted by atomic mass is 16.1. The van der Waals surface area contributed by atoms with Crippen LogP contribution < -0.4 is 5.73 Å². The van der Waals surface area contributed by atoms with Crippen molar-refractivity contribution >= 4 is 5.78 Å². The average Bonchev–Trinajstić information content (AvgIpc) is 1.84. The van der Waals surface area contributed by atoms with E-state index in [2.05, 4.69) is 0 Å². The van der Waals surface area contributed by atoms with Gasteiger partial charge in [-0.3, -0.25) is 4.79 Å². The van der Waals surface area contributed by atoms with Gasteiger partial charge in [0.15, 0.2) is 5.78 Å². The van der Waals surface area contributed by atoms with Crippen LogP contribution in [0.5, 0.6) is 0 Å². The summed E-state index contributed by atoms with van der Waals surface area (Å²) in [6, 6.07) is -0.245. The van der Waals surface area contributed by atoms with Gasteiger partial charge in [0.2, 0.25) is 0 Å². The molecule has 2 N–H and O–H groups in total. The van der Waals surface area contributed by atoms with Crippen LogP contribution in [0.2, 0.25) is 0 Å². The van der Waals surface area contributed by atoms with E-state index in [4.69, 9.17) is 5.73 Å². The van der Waals surface area contributed by atoms with Crippen molar-refractivity contribution in [3.63, 3.8) is 0 Å². The van der Waals surface area contributed by atoms with Gasteiger partial charge in [-0.2, -0.15) is 0 Å². The molecule has 0 unspecified atom stereocenters. The molecular formula is C7H15NO. The largest absolute Gasteiger partial charge is 0.322 e. The maximum absolute atomic E-state index is 10.9. The fourth-order valence-corrected chi connectivity index (χ4v) is 0.629. The lowest BCUT2D eigenvalue weighted by atomic mass is 10.0. The Kier molecular flexibility index (Phi) is 3.47. The Bertz CT molecular complexity index is 99.1. The van der Waals surface area contributed by atoms with E-state index in [1.165, 1.54) is 0 Å². The molecule has 0 aliphatic carbocycles. The van der Waals surface area contributed by atoms with E-state index in [1.54, 1.807) is 0 Å². The summed E-state index contributed by atoms with van der Waals surface area (Å²) in [5, 5.41) is 0. The maximum Gasteiger partial charge on any atom is 0.152 e. The highest BCUT2D eigenvalue weighted by molar-refractivity contribution is 5.85. The van der Waals surface area contributed by atoms with Crippen LogP contribution in [0.4, 0.5) is 0 Å². The minimum absolute atomic E-state index is 0.0833. The molecule has 2 nitrogen and oxygen atoms in total. The normalized spacial score (nSPS) is 13.9. The standard InChI is InChI=1S/C7H15NO/c1-4-6(8)7(9)5(2)3/h5-6H,4,8H2,1-3H3/t6-/m1/s1. The highest BCUT2D eigenvalue weighted by Crippen LogP contribution is 1.99. The molecule has 54 valence electrons. The number of ketones is 1. The fraction of sp³-hybridized carbons (Fsp3) is 0.857. The molecule has 0 rings (SSSR count). The maximum atomic E-state index is 10.9. The summed E-state index contributed by atoms with van der Waals surface area (Å²) in [5.74, 6) is 0.248. The smallest absolute Gasteiger partial charge is 0.152 e. The van der Waals surface area contributed by atoms with Crippen LogP contribution in [-0.4, -0.2) is 11.8 Å². The van der Waals surface area contributed by atoms with Gasteiger partial charge in [-0.25, -0.2) is 0 Å². The minimum atomic E-state index is -0.245. The molecule has 9 heavy (non-hydrogen) atoms. The molecule has 0 aliphatic heterocycles. The predicted octanol–water partition coefficient (Wildman–Crippen LogP) is 0.949. The SMILES string of the molecule is CC[C@@H](N)C(=O)C(C)C. The first-order valence-electron chi connectivity index (χ1n) is 3.38. The van der Waals surface area contributed by atoms with E-state index in [0.29, 0.717) is 0 Å². The van der Waals surface area contributed by atoms with Crippen LogP contribution in [0.15, 0.2) is 0 Å². The summed E-state index contributed by atoms with van der Waals surface area (Å²) in [5.41, 5.74) is 5.47. The molecular weight excluding hydrogens is 114 g/mol. The summed E-state index contributed by atoms with van der Waals surface area (Å²) in [6.07, 6.45) is 0.747. The van der Waals surface area contributed by atoms with Gasteiger partial charge in [0.1, 0.15) is 0 Å². The predicted molar refractivity (Wildman–Crippen MR) is 38.1 cm³/mol. The van der Waals surface area contributed by atoms with E-state index in [9.17, 15) is 4.79 Å². The van der Waals surface area contributed by atoms with Crippen LogP contribution in [0.3, 0.4) is 0 Å². The molecule has 2 heteroatoms. The topological polar surface area (TPSA) is 43.1 Å². The molecule has 0 aromatic rings. The summed E-state index contributed by atoms with van der Waals surface area (Å²) < 4.78 is 0. The molecule has 0 fully saturated rings. The zero-order chi connectivity index (χ0) is 7.44. The monoisotopic (exact) mass is 129 g/mol. The third-order valence-corrected chi connectivity index (χ3v) is 1.37. The van der Waals surface area contributed by atoms with Crippen LogP contribution in [-0.2, 0) is 4.79 Å². The Balaban J connectivity index is 3.73. The zero-order valence-corrected chi connectivity index (χ0v) is 6.35. The number of carbonyl (C=O) groups excluding carboxylic acids is 1. The number of nitrogens with two attached hydrogens (primary N) is 1. The number of rotatable bonds is 3. The highest BCUT2D eigenvalue weighted by Gasteiger charge is 2.13. The summed E-state index contributed by atoms with van der Waals surface area (Å²) in [7, 11) is 0. The van der Waals surface area contributed by atoms with Crippen LogP contribution in [0.25, 0.3) is 0 Å². The van der Waals surface area contributed by atoms with Gasteiger partial charge in [0.25, 0.3) is 0 Å². The van der Waals surface area contributed by atoms with Gasteiger partial charge in [-0.1, -0.05) is 20.8 Å². The van der Waals surface area contributed by atoms with Gasteiger partial charge in [-0.15, -0.1) is 0 Å². The Labute approximate surface area is 56.4 Å². The Morgan fingerprint density at radius 1 is 1.56 bits per heavy atom. The van der Waals surface area contributed by atoms with E-state index in [1.807, 2.05) is 20.8 Å². The van der Waals surface area contributed by atoms with Gasteiger partial charge >= 0.3 is 0 Å². The second-order valence-corrected chi connectivity index (χ2v) is 2.57. The van der Waals surface area contributed by atoms with Gasteiger partial charge < -0.3 is 5.73 Å². The molecule has 1 atom stereocenters. The van der Waals surface area contributed by atoms with Crippen molar-refractivity contribution in [2.24, 2.45) is 11.7 Å². The first-order valence-corrected chi connectivity index (χ1v) is 3.38. The zero-order valence-electron chi connectivity index (χ0n) is 6.35. The summed E-state index contributed by atoms with van der Waals surface area (Å²) in [4.78, 5) is 10.9. The minimum Gasteiger partial charge on any atom is -0.322 e. The molecule has 0 amide bonds. The van der Waals surface area contributed by atoms with Gasteiger partial charge in [0, 0.05) is 5.92 Å². The number of hydrogen-bond acceptors (Lipinski definition) is 2. The quantitative estimate of drug-likeness (QED) is 0.616. The van der Waals surface area contributed by atoms with Crippen molar-refractivity contribution < 1.29 is 4.79 Å². The van der Waals surface area contributed by atoms with Crippen LogP contribution in [0.1, 0.15) is 27.2 Å². The third-order valence-electron chi connectivity index (χ3n) is 1.37. The second-order valence-electron chi connectivity index (χ2n) is 2.57. The van der Waals surface area contributed by atoms with Gasteiger partial charge in [0.05, 0.1) is 6.04 Å². The van der Waals surface area contributed by atoms with E-state index in [0.717, 1.165) is 6.42 Å². The first kappa shape index (κ1) is 8.63. The van der Waals surface area contributed by atoms with Crippen molar-refractivity contribution in [1.29, 1.82) is 0 Å². The van der Waals surface area contributed by atoms with E-state index < -0.39 is 0 Å². The van der Waals surface area contributed by atoms with Crippen molar-refractivity contribution in [3.05, 3.63) is 0 Å². The number of carbonyl (C=O) groups is 1. The molecule has 0 spiro atoms. The average molecular weight is 129 g/mol. The number of Topliss-reactive ketones (excluding diaryl/α,β-unsaturated/α-hetero) is 1. The number of hydrogen-bond donors (Lipinski definition) is 1. The van der Waals surface area contributed by atoms with Crippen molar-refractivity contribution in [2.45, 2.75) is 33.2 Å². The Hall–Kier alpha value is -0.370. The third kappa shape index (κ3) is 2.61. The van der Waals surface area contributed by atoms with Crippen LogP contribution >= 0.6 is 0 Å². The van der Waals surface area contributed by atoms with Crippen molar-refractivity contribution in [2.75, 3.05) is 0 Å². The second kappa shape index (κ2) is 3.62. The summed E-state index contributed by atoms with van der Waals surface area (Å²) >= 11 is 0. The van der Waals surface area contributed by atoms with Crippen molar-refractivity contribution in [3.8, 4) is 0 Å². The van der Waals surface area contributed by atoms with E-state index >= 15 is 0 Å². The molecule has 0 radical (unpaired) electrons. The molecule has 0 saturated carbocycles.